The van der Waals surface area contributed by atoms with E-state index in [1.165, 1.54) is 14.2 Å². The molecular weight excluding hydrogens is 291 g/mol. The number of carbonyl (C=O) groups is 1. The lowest BCUT2D eigenvalue weighted by Crippen LogP contribution is -2.19. The summed E-state index contributed by atoms with van der Waals surface area (Å²) in [5, 5.41) is 6.10. The summed E-state index contributed by atoms with van der Waals surface area (Å²) in [6.07, 6.45) is 0.380. The number of carbonyl (C=O) groups excluding carboxylic acids is 1. The molecule has 0 aliphatic rings. The molecule has 1 rings (SSSR count). The number of hydrogen-bond donors (Lipinski definition) is 2. The molecule has 0 radical (unpaired) electrons. The molecule has 0 heterocycles. The predicted molar refractivity (Wildman–Crippen MR) is 79.0 cm³/mol. The first-order valence-electron chi connectivity index (χ1n) is 5.48. The molecule has 0 saturated heterocycles. The minimum Gasteiger partial charge on any atom is -0.495 e. The molecule has 5 nitrogen and oxygen atoms in total. The lowest BCUT2D eigenvalue weighted by Gasteiger charge is -2.13. The van der Waals surface area contributed by atoms with E-state index >= 15 is 0 Å². The van der Waals surface area contributed by atoms with Gasteiger partial charge in [0, 0.05) is 25.1 Å². The van der Waals surface area contributed by atoms with Crippen molar-refractivity contribution >= 4 is 35.6 Å². The molecule has 0 aromatic heterocycles. The fourth-order valence-electron chi connectivity index (χ4n) is 1.41. The van der Waals surface area contributed by atoms with Crippen LogP contribution in [0.4, 0.5) is 5.69 Å². The number of ether oxygens (including phenoxy) is 2. The Kier molecular flexibility index (Phi) is 8.30. The average molecular weight is 309 g/mol. The Morgan fingerprint density at radius 3 is 2.42 bits per heavy atom. The van der Waals surface area contributed by atoms with E-state index in [2.05, 4.69) is 10.6 Å². The van der Waals surface area contributed by atoms with Crippen LogP contribution >= 0.6 is 24.0 Å². The van der Waals surface area contributed by atoms with Crippen molar-refractivity contribution in [2.45, 2.75) is 6.42 Å². The van der Waals surface area contributed by atoms with Crippen LogP contribution in [0.5, 0.6) is 11.5 Å². The van der Waals surface area contributed by atoms with E-state index in [1.807, 2.05) is 0 Å². The molecule has 2 N–H and O–H groups in total. The first kappa shape index (κ1) is 17.8. The zero-order chi connectivity index (χ0) is 13.5. The van der Waals surface area contributed by atoms with Crippen LogP contribution in [-0.2, 0) is 4.79 Å². The van der Waals surface area contributed by atoms with Gasteiger partial charge in [-0.25, -0.2) is 0 Å². The summed E-state index contributed by atoms with van der Waals surface area (Å²) in [6, 6.07) is 3.24. The average Bonchev–Trinajstić information content (AvgIpc) is 2.37. The molecule has 0 unspecified atom stereocenters. The van der Waals surface area contributed by atoms with Gasteiger partial charge in [-0.15, -0.1) is 12.4 Å². The second-order valence-corrected chi connectivity index (χ2v) is 4.00. The van der Waals surface area contributed by atoms with Crippen LogP contribution in [0.2, 0.25) is 5.02 Å². The van der Waals surface area contributed by atoms with Crippen molar-refractivity contribution in [1.82, 2.24) is 5.32 Å². The second kappa shape index (κ2) is 8.85. The quantitative estimate of drug-likeness (QED) is 0.847. The molecule has 1 aromatic carbocycles. The van der Waals surface area contributed by atoms with E-state index in [1.54, 1.807) is 19.2 Å². The minimum absolute atomic E-state index is 0. The van der Waals surface area contributed by atoms with Gasteiger partial charge in [0.25, 0.3) is 0 Å². The molecule has 0 fully saturated rings. The Balaban J connectivity index is 0.00000324. The van der Waals surface area contributed by atoms with Crippen molar-refractivity contribution in [3.05, 3.63) is 17.2 Å². The molecule has 0 saturated carbocycles. The summed E-state index contributed by atoms with van der Waals surface area (Å²) < 4.78 is 10.3. The van der Waals surface area contributed by atoms with E-state index in [-0.39, 0.29) is 18.3 Å². The minimum atomic E-state index is -0.105. The normalized spacial score (nSPS) is 9.47. The second-order valence-electron chi connectivity index (χ2n) is 3.59. The van der Waals surface area contributed by atoms with Gasteiger partial charge in [0.05, 0.1) is 24.9 Å². The summed E-state index contributed by atoms with van der Waals surface area (Å²) >= 11 is 5.97. The zero-order valence-electron chi connectivity index (χ0n) is 11.1. The maximum absolute atomic E-state index is 11.6. The highest BCUT2D eigenvalue weighted by atomic mass is 35.5. The summed E-state index contributed by atoms with van der Waals surface area (Å²) in [5.41, 5.74) is 0.542. The molecule has 0 spiro atoms. The number of rotatable bonds is 6. The lowest BCUT2D eigenvalue weighted by atomic mass is 10.2. The van der Waals surface area contributed by atoms with Crippen molar-refractivity contribution in [3.8, 4) is 11.5 Å². The van der Waals surface area contributed by atoms with Crippen LogP contribution in [0.15, 0.2) is 12.1 Å². The molecule has 1 amide bonds. The topological polar surface area (TPSA) is 59.6 Å². The summed E-state index contributed by atoms with van der Waals surface area (Å²) in [4.78, 5) is 11.6. The van der Waals surface area contributed by atoms with E-state index in [0.717, 1.165) is 0 Å². The van der Waals surface area contributed by atoms with Gasteiger partial charge in [0.1, 0.15) is 11.5 Å². The fraction of sp³-hybridized carbons (Fsp3) is 0.417. The number of amides is 1. The maximum Gasteiger partial charge on any atom is 0.225 e. The molecule has 0 bridgehead atoms. The van der Waals surface area contributed by atoms with E-state index in [0.29, 0.717) is 35.2 Å². The number of methoxy groups -OCH3 is 2. The third-order valence-electron chi connectivity index (χ3n) is 2.35. The fourth-order valence-corrected chi connectivity index (χ4v) is 1.64. The Hall–Kier alpha value is -1.17. The molecule has 0 aliphatic carbocycles. The lowest BCUT2D eigenvalue weighted by molar-refractivity contribution is -0.116. The number of benzene rings is 1. The van der Waals surface area contributed by atoms with Crippen LogP contribution in [0, 0.1) is 0 Å². The van der Waals surface area contributed by atoms with Crippen molar-refractivity contribution in [1.29, 1.82) is 0 Å². The van der Waals surface area contributed by atoms with Gasteiger partial charge in [-0.05, 0) is 7.05 Å². The van der Waals surface area contributed by atoms with Crippen molar-refractivity contribution in [3.63, 3.8) is 0 Å². The SMILES string of the molecule is CNCCC(=O)Nc1cc(OC)c(Cl)cc1OC.Cl. The van der Waals surface area contributed by atoms with Crippen LogP contribution < -0.4 is 20.1 Å². The Bertz CT molecular complexity index is 428. The summed E-state index contributed by atoms with van der Waals surface area (Å²) in [5.74, 6) is 0.881. The third kappa shape index (κ3) is 5.14. The van der Waals surface area contributed by atoms with E-state index in [9.17, 15) is 4.79 Å². The van der Waals surface area contributed by atoms with Gasteiger partial charge in [-0.3, -0.25) is 4.79 Å². The van der Waals surface area contributed by atoms with Gasteiger partial charge < -0.3 is 20.1 Å². The van der Waals surface area contributed by atoms with Crippen molar-refractivity contribution in [2.75, 3.05) is 33.1 Å². The maximum atomic E-state index is 11.6. The Morgan fingerprint density at radius 1 is 1.26 bits per heavy atom. The van der Waals surface area contributed by atoms with Crippen LogP contribution in [-0.4, -0.2) is 33.7 Å². The Labute approximate surface area is 124 Å². The third-order valence-corrected chi connectivity index (χ3v) is 2.65. The summed E-state index contributed by atoms with van der Waals surface area (Å²) in [7, 11) is 4.82. The van der Waals surface area contributed by atoms with Crippen LogP contribution in [0.3, 0.4) is 0 Å². The van der Waals surface area contributed by atoms with Gasteiger partial charge in [-0.2, -0.15) is 0 Å². The summed E-state index contributed by atoms with van der Waals surface area (Å²) in [6.45, 7) is 0.610. The molecule has 0 aliphatic heterocycles. The van der Waals surface area contributed by atoms with E-state index < -0.39 is 0 Å². The smallest absolute Gasteiger partial charge is 0.225 e. The van der Waals surface area contributed by atoms with Crippen molar-refractivity contribution < 1.29 is 14.3 Å². The number of anilines is 1. The largest absolute Gasteiger partial charge is 0.495 e. The van der Waals surface area contributed by atoms with Gasteiger partial charge >= 0.3 is 0 Å². The monoisotopic (exact) mass is 308 g/mol. The molecule has 0 atom stereocenters. The molecule has 1 aromatic rings. The van der Waals surface area contributed by atoms with Gasteiger partial charge in [-0.1, -0.05) is 11.6 Å². The van der Waals surface area contributed by atoms with Gasteiger partial charge in [0.2, 0.25) is 5.91 Å². The number of hydrogen-bond acceptors (Lipinski definition) is 4. The molecular formula is C12H18Cl2N2O3. The Morgan fingerprint density at radius 2 is 1.89 bits per heavy atom. The molecule has 7 heteroatoms. The van der Waals surface area contributed by atoms with Crippen LogP contribution in [0.25, 0.3) is 0 Å². The zero-order valence-corrected chi connectivity index (χ0v) is 12.7. The first-order valence-corrected chi connectivity index (χ1v) is 5.86. The first-order chi connectivity index (χ1) is 8.62. The van der Waals surface area contributed by atoms with E-state index in [4.69, 9.17) is 21.1 Å². The predicted octanol–water partition coefficient (Wildman–Crippen LogP) is 2.33. The number of nitrogens with one attached hydrogen (secondary N) is 2. The van der Waals surface area contributed by atoms with Crippen LogP contribution in [0.1, 0.15) is 6.42 Å². The number of halogens is 2. The van der Waals surface area contributed by atoms with Gasteiger partial charge in [0.15, 0.2) is 0 Å². The molecule has 19 heavy (non-hydrogen) atoms. The highest BCUT2D eigenvalue weighted by Gasteiger charge is 2.12. The highest BCUT2D eigenvalue weighted by Crippen LogP contribution is 2.35. The molecule has 108 valence electrons. The highest BCUT2D eigenvalue weighted by molar-refractivity contribution is 6.32. The standard InChI is InChI=1S/C12H17ClN2O3.ClH/c1-14-5-4-12(16)15-9-7-10(17-2)8(13)6-11(9)18-3;/h6-7,14H,4-5H2,1-3H3,(H,15,16);1H. The van der Waals surface area contributed by atoms with Crippen molar-refractivity contribution in [2.24, 2.45) is 0 Å².